The Hall–Kier alpha value is -1.95. The number of carbonyl (C=O) groups is 2. The maximum Gasteiger partial charge on any atom is 0.246 e. The van der Waals surface area contributed by atoms with Crippen molar-refractivity contribution in [2.24, 2.45) is 5.73 Å². The molecule has 0 saturated carbocycles. The number of likely N-dealkylation sites (tertiary alicyclic amines) is 1. The highest BCUT2D eigenvalue weighted by Crippen LogP contribution is 2.21. The Morgan fingerprint density at radius 3 is 2.79 bits per heavy atom. The predicted molar refractivity (Wildman–Crippen MR) is 66.0 cm³/mol. The molecule has 2 amide bonds. The van der Waals surface area contributed by atoms with E-state index in [2.05, 4.69) is 0 Å². The van der Waals surface area contributed by atoms with Crippen LogP contribution in [-0.2, 0) is 16.0 Å². The van der Waals surface area contributed by atoms with Gasteiger partial charge in [0.15, 0.2) is 0 Å². The zero-order chi connectivity index (χ0) is 14.0. The molecule has 1 atom stereocenters. The molecule has 1 aliphatic heterocycles. The number of ether oxygens (including phenoxy) is 1. The molecule has 1 heterocycles. The molecular weight excluding hydrogens is 251 g/mol. The van der Waals surface area contributed by atoms with Crippen molar-refractivity contribution >= 4 is 11.8 Å². The molecule has 2 rings (SSSR count). The van der Waals surface area contributed by atoms with E-state index >= 15 is 0 Å². The Morgan fingerprint density at radius 1 is 1.47 bits per heavy atom. The Morgan fingerprint density at radius 2 is 2.21 bits per heavy atom. The number of amides is 2. The fourth-order valence-electron chi connectivity index (χ4n) is 2.12. The smallest absolute Gasteiger partial charge is 0.246 e. The predicted octanol–water partition coefficient (Wildman–Crippen LogP) is 0.463. The van der Waals surface area contributed by atoms with Crippen LogP contribution in [0.25, 0.3) is 0 Å². The second-order valence-electron chi connectivity index (χ2n) is 4.40. The van der Waals surface area contributed by atoms with E-state index in [1.807, 2.05) is 0 Å². The van der Waals surface area contributed by atoms with E-state index in [0.29, 0.717) is 17.7 Å². The van der Waals surface area contributed by atoms with Crippen LogP contribution in [-0.4, -0.2) is 36.4 Å². The van der Waals surface area contributed by atoms with E-state index in [9.17, 15) is 14.0 Å². The lowest BCUT2D eigenvalue weighted by molar-refractivity contribution is -0.138. The summed E-state index contributed by atoms with van der Waals surface area (Å²) in [6.07, 6.45) is 0.379. The standard InChI is InChI=1S/C13H15FN2O3/c1-19-11-3-2-9(14)6-8(11)4-5-16-12(17)7-10(15)13(16)18/h2-3,6,10H,4-5,7,15H2,1H3. The van der Waals surface area contributed by atoms with Gasteiger partial charge in [0.1, 0.15) is 11.6 Å². The molecule has 1 saturated heterocycles. The van der Waals surface area contributed by atoms with Gasteiger partial charge < -0.3 is 10.5 Å². The number of hydrogen-bond acceptors (Lipinski definition) is 4. The molecule has 0 aliphatic carbocycles. The van der Waals surface area contributed by atoms with Gasteiger partial charge in [-0.3, -0.25) is 14.5 Å². The Bertz CT molecular complexity index is 519. The molecule has 0 bridgehead atoms. The molecule has 102 valence electrons. The summed E-state index contributed by atoms with van der Waals surface area (Å²) in [5.74, 6) is -0.510. The van der Waals surface area contributed by atoms with Crippen LogP contribution in [0.1, 0.15) is 12.0 Å². The molecule has 1 fully saturated rings. The summed E-state index contributed by atoms with van der Waals surface area (Å²) in [5, 5.41) is 0. The molecule has 1 unspecified atom stereocenters. The highest BCUT2D eigenvalue weighted by molar-refractivity contribution is 6.05. The van der Waals surface area contributed by atoms with Crippen molar-refractivity contribution in [3.05, 3.63) is 29.6 Å². The number of halogens is 1. The lowest BCUT2D eigenvalue weighted by Crippen LogP contribution is -2.36. The molecule has 0 spiro atoms. The molecule has 1 aromatic rings. The van der Waals surface area contributed by atoms with Crippen LogP contribution in [0.5, 0.6) is 5.75 Å². The Kier molecular flexibility index (Phi) is 3.80. The average molecular weight is 266 g/mol. The van der Waals surface area contributed by atoms with Crippen molar-refractivity contribution in [2.75, 3.05) is 13.7 Å². The van der Waals surface area contributed by atoms with Gasteiger partial charge in [0.25, 0.3) is 0 Å². The van der Waals surface area contributed by atoms with Gasteiger partial charge in [0.05, 0.1) is 19.6 Å². The molecule has 1 aliphatic rings. The van der Waals surface area contributed by atoms with Gasteiger partial charge in [-0.25, -0.2) is 4.39 Å². The number of nitrogens with two attached hydrogens (primary N) is 1. The molecule has 19 heavy (non-hydrogen) atoms. The van der Waals surface area contributed by atoms with Crippen molar-refractivity contribution in [2.45, 2.75) is 18.9 Å². The largest absolute Gasteiger partial charge is 0.496 e. The lowest BCUT2D eigenvalue weighted by Gasteiger charge is -2.15. The van der Waals surface area contributed by atoms with E-state index in [-0.39, 0.29) is 30.6 Å². The van der Waals surface area contributed by atoms with Crippen LogP contribution in [0.2, 0.25) is 0 Å². The first kappa shape index (κ1) is 13.5. The normalized spacial score (nSPS) is 19.1. The maximum absolute atomic E-state index is 13.2. The monoisotopic (exact) mass is 266 g/mol. The van der Waals surface area contributed by atoms with E-state index in [4.69, 9.17) is 10.5 Å². The van der Waals surface area contributed by atoms with Crippen molar-refractivity contribution in [1.29, 1.82) is 0 Å². The van der Waals surface area contributed by atoms with E-state index in [0.717, 1.165) is 4.90 Å². The summed E-state index contributed by atoms with van der Waals surface area (Å²) in [4.78, 5) is 24.3. The fourth-order valence-corrected chi connectivity index (χ4v) is 2.12. The first-order valence-corrected chi connectivity index (χ1v) is 5.95. The van der Waals surface area contributed by atoms with Crippen molar-refractivity contribution in [1.82, 2.24) is 4.90 Å². The van der Waals surface area contributed by atoms with Gasteiger partial charge >= 0.3 is 0 Å². The number of hydrogen-bond donors (Lipinski definition) is 1. The van der Waals surface area contributed by atoms with E-state index in [1.165, 1.54) is 25.3 Å². The summed E-state index contributed by atoms with van der Waals surface area (Å²) in [7, 11) is 1.48. The maximum atomic E-state index is 13.2. The second-order valence-corrected chi connectivity index (χ2v) is 4.40. The van der Waals surface area contributed by atoms with Crippen LogP contribution in [0.3, 0.4) is 0 Å². The van der Waals surface area contributed by atoms with Gasteiger partial charge in [-0.2, -0.15) is 0 Å². The summed E-state index contributed by atoms with van der Waals surface area (Å²) in [6, 6.07) is 3.40. The van der Waals surface area contributed by atoms with Gasteiger partial charge in [0, 0.05) is 6.54 Å². The van der Waals surface area contributed by atoms with Crippen LogP contribution >= 0.6 is 0 Å². The molecule has 5 nitrogen and oxygen atoms in total. The van der Waals surface area contributed by atoms with Gasteiger partial charge in [-0.05, 0) is 30.2 Å². The number of imide groups is 1. The van der Waals surface area contributed by atoms with Crippen molar-refractivity contribution in [3.63, 3.8) is 0 Å². The third-order valence-corrected chi connectivity index (χ3v) is 3.13. The number of rotatable bonds is 4. The van der Waals surface area contributed by atoms with E-state index < -0.39 is 6.04 Å². The first-order valence-electron chi connectivity index (χ1n) is 5.95. The highest BCUT2D eigenvalue weighted by Gasteiger charge is 2.35. The summed E-state index contributed by atoms with van der Waals surface area (Å²) in [6.45, 7) is 0.186. The minimum absolute atomic E-state index is 0.0408. The third kappa shape index (κ3) is 2.73. The SMILES string of the molecule is COc1ccc(F)cc1CCN1C(=O)CC(N)C1=O. The summed E-state index contributed by atoms with van der Waals surface area (Å²) >= 11 is 0. The Balaban J connectivity index is 2.09. The van der Waals surface area contributed by atoms with Gasteiger partial charge in [0.2, 0.25) is 11.8 Å². The quantitative estimate of drug-likeness (QED) is 0.804. The number of nitrogens with zero attached hydrogens (tertiary/aromatic N) is 1. The minimum Gasteiger partial charge on any atom is -0.496 e. The second kappa shape index (κ2) is 5.36. The zero-order valence-electron chi connectivity index (χ0n) is 10.6. The topological polar surface area (TPSA) is 72.6 Å². The summed E-state index contributed by atoms with van der Waals surface area (Å²) < 4.78 is 18.3. The van der Waals surface area contributed by atoms with Crippen LogP contribution in [0.4, 0.5) is 4.39 Å². The van der Waals surface area contributed by atoms with Gasteiger partial charge in [-0.15, -0.1) is 0 Å². The number of carbonyl (C=O) groups excluding carboxylic acids is 2. The molecule has 1 aromatic carbocycles. The number of benzene rings is 1. The molecule has 6 heteroatoms. The fraction of sp³-hybridized carbons (Fsp3) is 0.385. The van der Waals surface area contributed by atoms with Crippen molar-refractivity contribution < 1.29 is 18.7 Å². The number of methoxy groups -OCH3 is 1. The minimum atomic E-state index is -0.748. The molecular formula is C13H15FN2O3. The lowest BCUT2D eigenvalue weighted by atomic mass is 10.1. The van der Waals surface area contributed by atoms with Crippen LogP contribution < -0.4 is 10.5 Å². The highest BCUT2D eigenvalue weighted by atomic mass is 19.1. The first-order chi connectivity index (χ1) is 9.02. The van der Waals surface area contributed by atoms with Crippen LogP contribution in [0, 0.1) is 5.82 Å². The molecule has 2 N–H and O–H groups in total. The summed E-state index contributed by atoms with van der Waals surface area (Å²) in [5.41, 5.74) is 6.13. The molecule has 0 aromatic heterocycles. The van der Waals surface area contributed by atoms with Gasteiger partial charge in [-0.1, -0.05) is 0 Å². The average Bonchev–Trinajstić information content (AvgIpc) is 2.61. The van der Waals surface area contributed by atoms with Crippen molar-refractivity contribution in [3.8, 4) is 5.75 Å². The Labute approximate surface area is 110 Å². The van der Waals surface area contributed by atoms with E-state index in [1.54, 1.807) is 0 Å². The third-order valence-electron chi connectivity index (χ3n) is 3.13. The zero-order valence-corrected chi connectivity index (χ0v) is 10.6. The molecule has 0 radical (unpaired) electrons. The van der Waals surface area contributed by atoms with Crippen LogP contribution in [0.15, 0.2) is 18.2 Å².